The van der Waals surface area contributed by atoms with Gasteiger partial charge in [-0.05, 0) is 35.9 Å². The Balaban J connectivity index is 1.63. The van der Waals surface area contributed by atoms with E-state index in [0.29, 0.717) is 25.3 Å². The van der Waals surface area contributed by atoms with Crippen LogP contribution in [0, 0.1) is 5.92 Å². The minimum absolute atomic E-state index is 0.0769. The number of benzene rings is 1. The van der Waals surface area contributed by atoms with Gasteiger partial charge >= 0.3 is 0 Å². The first-order valence-electron chi connectivity index (χ1n) is 9.12. The summed E-state index contributed by atoms with van der Waals surface area (Å²) in [6.07, 6.45) is 5.71. The number of rotatable bonds is 6. The molecule has 0 aliphatic carbocycles. The Hall–Kier alpha value is -2.80. The molecule has 6 nitrogen and oxygen atoms in total. The van der Waals surface area contributed by atoms with E-state index in [0.717, 1.165) is 33.5 Å². The average molecular weight is 395 g/mol. The molecule has 2 aromatic heterocycles. The van der Waals surface area contributed by atoms with Crippen LogP contribution in [-0.2, 0) is 21.3 Å². The second-order valence-electron chi connectivity index (χ2n) is 6.99. The van der Waals surface area contributed by atoms with Gasteiger partial charge in [0.05, 0.1) is 23.6 Å². The minimum Gasteiger partial charge on any atom is -0.492 e. The Labute approximate surface area is 165 Å². The van der Waals surface area contributed by atoms with Gasteiger partial charge in [0, 0.05) is 59.3 Å². The van der Waals surface area contributed by atoms with E-state index in [2.05, 4.69) is 15.3 Å². The van der Waals surface area contributed by atoms with Crippen molar-refractivity contribution in [2.24, 2.45) is 5.92 Å². The molecule has 0 radical (unpaired) electrons. The highest BCUT2D eigenvalue weighted by atomic mass is 32.2. The van der Waals surface area contributed by atoms with Gasteiger partial charge in [-0.1, -0.05) is 6.07 Å². The number of nitrogens with one attached hydrogen (secondary N) is 1. The van der Waals surface area contributed by atoms with Crippen molar-refractivity contribution in [1.29, 1.82) is 0 Å². The molecule has 4 rings (SSSR count). The van der Waals surface area contributed by atoms with Gasteiger partial charge < -0.3 is 10.1 Å². The number of aromatic nitrogens is 2. The maximum atomic E-state index is 11.4. The summed E-state index contributed by atoms with van der Waals surface area (Å²) >= 11 is 0. The van der Waals surface area contributed by atoms with Gasteiger partial charge in [-0.15, -0.1) is 0 Å². The normalized spacial score (nSPS) is 17.5. The molecule has 28 heavy (non-hydrogen) atoms. The molecule has 1 fully saturated rings. The summed E-state index contributed by atoms with van der Waals surface area (Å²) in [6, 6.07) is 11.7. The lowest BCUT2D eigenvalue weighted by molar-refractivity contribution is -0.119. The van der Waals surface area contributed by atoms with E-state index < -0.39 is 10.8 Å². The van der Waals surface area contributed by atoms with E-state index in [-0.39, 0.29) is 11.8 Å². The van der Waals surface area contributed by atoms with Gasteiger partial charge in [0.15, 0.2) is 0 Å². The number of hydrogen-bond acceptors (Lipinski definition) is 5. The number of amides is 1. The van der Waals surface area contributed by atoms with Gasteiger partial charge in [-0.25, -0.2) is 0 Å². The summed E-state index contributed by atoms with van der Waals surface area (Å²) in [6.45, 7) is 1.13. The highest BCUT2D eigenvalue weighted by Crippen LogP contribution is 2.32. The van der Waals surface area contributed by atoms with Crippen LogP contribution in [0.5, 0.6) is 5.75 Å². The molecule has 0 saturated carbocycles. The number of ether oxygens (including phenoxy) is 1. The maximum absolute atomic E-state index is 11.4. The topological polar surface area (TPSA) is 81.2 Å². The molecule has 0 bridgehead atoms. The van der Waals surface area contributed by atoms with E-state index in [9.17, 15) is 9.00 Å². The predicted octanol–water partition coefficient (Wildman–Crippen LogP) is 2.69. The van der Waals surface area contributed by atoms with E-state index >= 15 is 0 Å². The van der Waals surface area contributed by atoms with Crippen molar-refractivity contribution in [2.45, 2.75) is 12.2 Å². The molecule has 1 amide bonds. The molecule has 0 spiro atoms. The summed E-state index contributed by atoms with van der Waals surface area (Å²) in [4.78, 5) is 20.3. The lowest BCUT2D eigenvalue weighted by atomic mass is 10.0. The Morgan fingerprint density at radius 2 is 2.11 bits per heavy atom. The SMILES string of the molecule is CS(=O)Cc1ccc(-c2cc(OCC3CNC(=O)C3)c3cccnc3c2)cn1. The van der Waals surface area contributed by atoms with Crippen molar-refractivity contribution in [3.8, 4) is 16.9 Å². The van der Waals surface area contributed by atoms with E-state index in [1.165, 1.54) is 0 Å². The maximum Gasteiger partial charge on any atom is 0.220 e. The summed E-state index contributed by atoms with van der Waals surface area (Å²) in [5.41, 5.74) is 3.55. The van der Waals surface area contributed by atoms with Crippen molar-refractivity contribution in [3.05, 3.63) is 54.5 Å². The lowest BCUT2D eigenvalue weighted by Gasteiger charge is -2.14. The monoisotopic (exact) mass is 395 g/mol. The van der Waals surface area contributed by atoms with Crippen LogP contribution in [0.1, 0.15) is 12.1 Å². The fourth-order valence-electron chi connectivity index (χ4n) is 3.31. The van der Waals surface area contributed by atoms with Crippen LogP contribution >= 0.6 is 0 Å². The van der Waals surface area contributed by atoms with Crippen LogP contribution in [0.3, 0.4) is 0 Å². The van der Waals surface area contributed by atoms with E-state index in [1.807, 2.05) is 36.4 Å². The van der Waals surface area contributed by atoms with Gasteiger partial charge in [0.2, 0.25) is 5.91 Å². The second-order valence-corrected chi connectivity index (χ2v) is 8.42. The molecular weight excluding hydrogens is 374 g/mol. The standard InChI is InChI=1S/C21H21N3O3S/c1-28(26)13-17-5-4-15(11-23-17)16-8-19-18(3-2-6-22-19)20(9-16)27-12-14-7-21(25)24-10-14/h2-6,8-9,11,14H,7,10,12-13H2,1H3,(H,24,25). The van der Waals surface area contributed by atoms with Crippen LogP contribution in [0.25, 0.3) is 22.0 Å². The highest BCUT2D eigenvalue weighted by Gasteiger charge is 2.22. The zero-order valence-electron chi connectivity index (χ0n) is 15.6. The Kier molecular flexibility index (Phi) is 5.34. The fraction of sp³-hybridized carbons (Fsp3) is 0.286. The Bertz CT molecular complexity index is 1040. The first-order chi connectivity index (χ1) is 13.6. The van der Waals surface area contributed by atoms with Crippen molar-refractivity contribution < 1.29 is 13.7 Å². The molecule has 1 aromatic carbocycles. The van der Waals surface area contributed by atoms with Crippen LogP contribution in [0.15, 0.2) is 48.8 Å². The molecule has 1 N–H and O–H groups in total. The van der Waals surface area contributed by atoms with Crippen LogP contribution in [0.4, 0.5) is 0 Å². The Morgan fingerprint density at radius 1 is 1.21 bits per heavy atom. The fourth-order valence-corrected chi connectivity index (χ4v) is 3.90. The zero-order chi connectivity index (χ0) is 19.5. The third-order valence-electron chi connectivity index (χ3n) is 4.73. The molecule has 2 atom stereocenters. The first-order valence-corrected chi connectivity index (χ1v) is 10.8. The molecule has 1 aliphatic rings. The van der Waals surface area contributed by atoms with Gasteiger partial charge in [0.25, 0.3) is 0 Å². The van der Waals surface area contributed by atoms with Gasteiger partial charge in [-0.3, -0.25) is 19.0 Å². The number of pyridine rings is 2. The van der Waals surface area contributed by atoms with Crippen LogP contribution < -0.4 is 10.1 Å². The third kappa shape index (κ3) is 4.20. The molecule has 144 valence electrons. The summed E-state index contributed by atoms with van der Waals surface area (Å²) < 4.78 is 17.5. The molecule has 7 heteroatoms. The quantitative estimate of drug-likeness (QED) is 0.694. The first kappa shape index (κ1) is 18.6. The van der Waals surface area contributed by atoms with E-state index in [4.69, 9.17) is 4.74 Å². The molecular formula is C21H21N3O3S. The van der Waals surface area contributed by atoms with Gasteiger partial charge in [-0.2, -0.15) is 0 Å². The van der Waals surface area contributed by atoms with Crippen molar-refractivity contribution in [3.63, 3.8) is 0 Å². The molecule has 2 unspecified atom stereocenters. The number of fused-ring (bicyclic) bond motifs is 1. The zero-order valence-corrected chi connectivity index (χ0v) is 16.4. The average Bonchev–Trinajstić information content (AvgIpc) is 3.11. The molecule has 3 heterocycles. The van der Waals surface area contributed by atoms with Crippen molar-refractivity contribution >= 4 is 27.6 Å². The van der Waals surface area contributed by atoms with Crippen LogP contribution in [-0.4, -0.2) is 39.5 Å². The highest BCUT2D eigenvalue weighted by molar-refractivity contribution is 7.83. The number of nitrogens with zero attached hydrogens (tertiary/aromatic N) is 2. The van der Waals surface area contributed by atoms with E-state index in [1.54, 1.807) is 18.6 Å². The summed E-state index contributed by atoms with van der Waals surface area (Å²) in [5, 5.41) is 3.78. The van der Waals surface area contributed by atoms with Crippen LogP contribution in [0.2, 0.25) is 0 Å². The Morgan fingerprint density at radius 3 is 2.82 bits per heavy atom. The number of hydrogen-bond donors (Lipinski definition) is 1. The van der Waals surface area contributed by atoms with Crippen molar-refractivity contribution in [2.75, 3.05) is 19.4 Å². The smallest absolute Gasteiger partial charge is 0.220 e. The number of carbonyl (C=O) groups is 1. The second kappa shape index (κ2) is 8.06. The minimum atomic E-state index is -0.918. The number of carbonyl (C=O) groups excluding carboxylic acids is 1. The third-order valence-corrected chi connectivity index (χ3v) is 5.43. The molecule has 1 aliphatic heterocycles. The largest absolute Gasteiger partial charge is 0.492 e. The lowest BCUT2D eigenvalue weighted by Crippen LogP contribution is -2.16. The summed E-state index contributed by atoms with van der Waals surface area (Å²) in [7, 11) is -0.918. The van der Waals surface area contributed by atoms with Gasteiger partial charge in [0.1, 0.15) is 5.75 Å². The molecule has 3 aromatic rings. The predicted molar refractivity (Wildman–Crippen MR) is 109 cm³/mol. The van der Waals surface area contributed by atoms with Crippen molar-refractivity contribution in [1.82, 2.24) is 15.3 Å². The molecule has 1 saturated heterocycles. The summed E-state index contributed by atoms with van der Waals surface area (Å²) in [5.74, 6) is 1.45.